The summed E-state index contributed by atoms with van der Waals surface area (Å²) < 4.78 is 0. The van der Waals surface area contributed by atoms with Crippen LogP contribution in [0.3, 0.4) is 0 Å². The molecule has 3 nitrogen and oxygen atoms in total. The van der Waals surface area contributed by atoms with E-state index in [1.54, 1.807) is 0 Å². The fourth-order valence-corrected chi connectivity index (χ4v) is 3.27. The van der Waals surface area contributed by atoms with Gasteiger partial charge in [0.1, 0.15) is 0 Å². The lowest BCUT2D eigenvalue weighted by Gasteiger charge is -2.31. The molecule has 0 aromatic heterocycles. The lowest BCUT2D eigenvalue weighted by atomic mass is 9.77. The molecular formula is C16H21NO2. The summed E-state index contributed by atoms with van der Waals surface area (Å²) in [6, 6.07) is 8.14. The Hall–Kier alpha value is -1.35. The highest BCUT2D eigenvalue weighted by atomic mass is 16.3. The maximum atomic E-state index is 12.1. The zero-order valence-corrected chi connectivity index (χ0v) is 11.1. The fourth-order valence-electron chi connectivity index (χ4n) is 3.27. The van der Waals surface area contributed by atoms with Crippen LogP contribution >= 0.6 is 0 Å². The quantitative estimate of drug-likeness (QED) is 0.872. The molecule has 1 fully saturated rings. The third kappa shape index (κ3) is 2.52. The lowest BCUT2D eigenvalue weighted by Crippen LogP contribution is -2.41. The number of carbonyl (C=O) groups excluding carboxylic acids is 1. The summed E-state index contributed by atoms with van der Waals surface area (Å²) in [4.78, 5) is 12.1. The van der Waals surface area contributed by atoms with Crippen molar-refractivity contribution in [2.45, 2.75) is 44.1 Å². The van der Waals surface area contributed by atoms with Gasteiger partial charge in [-0.25, -0.2) is 0 Å². The number of benzene rings is 1. The summed E-state index contributed by atoms with van der Waals surface area (Å²) in [6.45, 7) is 0.624. The highest BCUT2D eigenvalue weighted by Gasteiger charge is 2.32. The van der Waals surface area contributed by atoms with Gasteiger partial charge in [-0.1, -0.05) is 37.1 Å². The highest BCUT2D eigenvalue weighted by molar-refractivity contribution is 5.86. The van der Waals surface area contributed by atoms with Gasteiger partial charge in [0, 0.05) is 12.5 Å². The van der Waals surface area contributed by atoms with Gasteiger partial charge < -0.3 is 10.4 Å². The van der Waals surface area contributed by atoms with Crippen molar-refractivity contribution in [3.05, 3.63) is 35.4 Å². The summed E-state index contributed by atoms with van der Waals surface area (Å²) in [5, 5.41) is 12.9. The molecule has 19 heavy (non-hydrogen) atoms. The molecule has 0 bridgehead atoms. The molecule has 3 atom stereocenters. The largest absolute Gasteiger partial charge is 0.393 e. The molecule has 0 radical (unpaired) electrons. The van der Waals surface area contributed by atoms with E-state index in [1.165, 1.54) is 17.5 Å². The van der Waals surface area contributed by atoms with E-state index in [2.05, 4.69) is 11.4 Å². The molecule has 1 saturated carbocycles. The number of aliphatic hydroxyl groups is 1. The highest BCUT2D eigenvalue weighted by Crippen LogP contribution is 2.35. The van der Waals surface area contributed by atoms with Gasteiger partial charge in [0.05, 0.1) is 12.0 Å². The molecule has 0 aliphatic heterocycles. The topological polar surface area (TPSA) is 49.3 Å². The van der Waals surface area contributed by atoms with Gasteiger partial charge in [-0.15, -0.1) is 0 Å². The summed E-state index contributed by atoms with van der Waals surface area (Å²) in [5.41, 5.74) is 2.46. The van der Waals surface area contributed by atoms with Gasteiger partial charge in [-0.05, 0) is 30.4 Å². The molecule has 2 aliphatic rings. The van der Waals surface area contributed by atoms with Gasteiger partial charge in [-0.2, -0.15) is 0 Å². The smallest absolute Gasteiger partial charge is 0.227 e. The first-order valence-corrected chi connectivity index (χ1v) is 7.29. The number of hydrogen-bond donors (Lipinski definition) is 2. The molecule has 3 rings (SSSR count). The Kier molecular flexibility index (Phi) is 3.56. The molecule has 3 unspecified atom stereocenters. The van der Waals surface area contributed by atoms with Crippen molar-refractivity contribution < 1.29 is 9.90 Å². The first-order valence-electron chi connectivity index (χ1n) is 7.29. The van der Waals surface area contributed by atoms with Crippen molar-refractivity contribution in [1.29, 1.82) is 0 Å². The van der Waals surface area contributed by atoms with Crippen LogP contribution in [-0.2, 0) is 11.2 Å². The van der Waals surface area contributed by atoms with Gasteiger partial charge in [0.15, 0.2) is 0 Å². The Morgan fingerprint density at radius 1 is 1.26 bits per heavy atom. The average Bonchev–Trinajstić information content (AvgIpc) is 2.39. The molecule has 0 saturated heterocycles. The third-order valence-corrected chi connectivity index (χ3v) is 4.58. The van der Waals surface area contributed by atoms with Crippen molar-refractivity contribution >= 4 is 5.91 Å². The number of rotatable bonds is 3. The lowest BCUT2D eigenvalue weighted by molar-refractivity contribution is -0.123. The van der Waals surface area contributed by atoms with Crippen LogP contribution in [0.5, 0.6) is 0 Å². The Bertz CT molecular complexity index is 472. The van der Waals surface area contributed by atoms with Crippen molar-refractivity contribution in [3.63, 3.8) is 0 Å². The Morgan fingerprint density at radius 3 is 2.84 bits per heavy atom. The predicted molar refractivity (Wildman–Crippen MR) is 73.9 cm³/mol. The summed E-state index contributed by atoms with van der Waals surface area (Å²) in [6.07, 6.45) is 4.82. The minimum atomic E-state index is -0.234. The average molecular weight is 259 g/mol. The molecule has 1 aromatic rings. The Balaban J connectivity index is 1.53. The monoisotopic (exact) mass is 259 g/mol. The van der Waals surface area contributed by atoms with E-state index in [9.17, 15) is 9.90 Å². The Morgan fingerprint density at radius 2 is 2.05 bits per heavy atom. The van der Waals surface area contributed by atoms with E-state index in [4.69, 9.17) is 0 Å². The van der Waals surface area contributed by atoms with Gasteiger partial charge in [0.2, 0.25) is 5.91 Å². The van der Waals surface area contributed by atoms with Gasteiger partial charge in [0.25, 0.3) is 0 Å². The molecule has 1 amide bonds. The van der Waals surface area contributed by atoms with Gasteiger partial charge >= 0.3 is 0 Å². The number of carbonyl (C=O) groups is 1. The first-order chi connectivity index (χ1) is 9.25. The van der Waals surface area contributed by atoms with Crippen molar-refractivity contribution in [2.75, 3.05) is 6.54 Å². The molecular weight excluding hydrogens is 238 g/mol. The zero-order chi connectivity index (χ0) is 13.2. The molecule has 2 aliphatic carbocycles. The predicted octanol–water partition coefficient (Wildman–Crippen LogP) is 1.99. The van der Waals surface area contributed by atoms with Crippen molar-refractivity contribution in [2.24, 2.45) is 5.92 Å². The van der Waals surface area contributed by atoms with Crippen LogP contribution in [0.1, 0.15) is 42.7 Å². The molecule has 3 heteroatoms. The summed E-state index contributed by atoms with van der Waals surface area (Å²) in [7, 11) is 0. The number of fused-ring (bicyclic) bond motifs is 1. The second-order valence-corrected chi connectivity index (χ2v) is 5.81. The van der Waals surface area contributed by atoms with Crippen molar-refractivity contribution in [1.82, 2.24) is 5.32 Å². The number of amides is 1. The summed E-state index contributed by atoms with van der Waals surface area (Å²) in [5.74, 6) is 0.390. The van der Waals surface area contributed by atoms with Crippen LogP contribution < -0.4 is 5.32 Å². The fraction of sp³-hybridized carbons (Fsp3) is 0.562. The van der Waals surface area contributed by atoms with Crippen molar-refractivity contribution in [3.8, 4) is 0 Å². The van der Waals surface area contributed by atoms with E-state index >= 15 is 0 Å². The number of nitrogens with one attached hydrogen (secondary N) is 1. The normalized spacial score (nSPS) is 29.2. The van der Waals surface area contributed by atoms with E-state index in [-0.39, 0.29) is 23.8 Å². The van der Waals surface area contributed by atoms with Crippen LogP contribution in [0.2, 0.25) is 0 Å². The molecule has 102 valence electrons. The first kappa shape index (κ1) is 12.7. The van der Waals surface area contributed by atoms with Crippen LogP contribution in [0.15, 0.2) is 24.3 Å². The molecule has 2 N–H and O–H groups in total. The molecule has 1 aromatic carbocycles. The molecule has 0 spiro atoms. The third-order valence-electron chi connectivity index (χ3n) is 4.58. The minimum Gasteiger partial charge on any atom is -0.393 e. The standard InChI is InChI=1S/C16H21NO2/c18-15-8-4-2-6-12(15)10-17-16(19)14-9-11-5-1-3-7-13(11)14/h1,3,5,7,12,14-15,18H,2,4,6,8-10H2,(H,17,19). The van der Waals surface area contributed by atoms with Crippen LogP contribution in [0.25, 0.3) is 0 Å². The zero-order valence-electron chi connectivity index (χ0n) is 11.1. The van der Waals surface area contributed by atoms with Gasteiger partial charge in [-0.3, -0.25) is 4.79 Å². The SMILES string of the molecule is O=C(NCC1CCCCC1O)C1Cc2ccccc21. The second-order valence-electron chi connectivity index (χ2n) is 5.81. The maximum Gasteiger partial charge on any atom is 0.227 e. The van der Waals surface area contributed by atoms with E-state index in [1.807, 2.05) is 18.2 Å². The number of hydrogen-bond acceptors (Lipinski definition) is 2. The summed E-state index contributed by atoms with van der Waals surface area (Å²) >= 11 is 0. The van der Waals surface area contributed by atoms with E-state index in [0.29, 0.717) is 6.54 Å². The van der Waals surface area contributed by atoms with E-state index in [0.717, 1.165) is 25.7 Å². The maximum absolute atomic E-state index is 12.1. The minimum absolute atomic E-state index is 0.0249. The number of aliphatic hydroxyl groups excluding tert-OH is 1. The van der Waals surface area contributed by atoms with E-state index < -0.39 is 0 Å². The Labute approximate surface area is 114 Å². The molecule has 0 heterocycles. The van der Waals surface area contributed by atoms with Crippen LogP contribution in [0, 0.1) is 5.92 Å². The van der Waals surface area contributed by atoms with Crippen LogP contribution in [-0.4, -0.2) is 23.7 Å². The van der Waals surface area contributed by atoms with Crippen LogP contribution in [0.4, 0.5) is 0 Å². The second kappa shape index (κ2) is 5.33.